The van der Waals surface area contributed by atoms with Gasteiger partial charge in [0, 0.05) is 17.7 Å². The molecule has 2 N–H and O–H groups in total. The Kier molecular flexibility index (Phi) is 6.15. The second-order valence-corrected chi connectivity index (χ2v) is 5.75. The zero-order chi connectivity index (χ0) is 16.0. The van der Waals surface area contributed by atoms with Gasteiger partial charge in [0.05, 0.1) is 0 Å². The number of aryl methyl sites for hydroxylation is 1. The zero-order valence-electron chi connectivity index (χ0n) is 13.0. The van der Waals surface area contributed by atoms with Crippen LogP contribution in [0.1, 0.15) is 48.7 Å². The van der Waals surface area contributed by atoms with Crippen molar-refractivity contribution in [2.24, 2.45) is 5.92 Å². The van der Waals surface area contributed by atoms with Gasteiger partial charge in [-0.1, -0.05) is 26.0 Å². The highest BCUT2D eigenvalue weighted by Crippen LogP contribution is 2.14. The Labute approximate surface area is 125 Å². The Morgan fingerprint density at radius 2 is 1.95 bits per heavy atom. The SMILES string of the molecule is Cc1ccc(C=CC(=O)O)cc1C(=O)NC(C)CC(C)C. The summed E-state index contributed by atoms with van der Waals surface area (Å²) in [6.45, 7) is 8.09. The van der Waals surface area contributed by atoms with E-state index >= 15 is 0 Å². The molecule has 0 aromatic heterocycles. The van der Waals surface area contributed by atoms with Gasteiger partial charge in [0.2, 0.25) is 0 Å². The van der Waals surface area contributed by atoms with E-state index in [0.717, 1.165) is 18.1 Å². The lowest BCUT2D eigenvalue weighted by Crippen LogP contribution is -2.33. The Bertz CT molecular complexity index is 547. The number of carboxylic acids is 1. The van der Waals surface area contributed by atoms with E-state index in [0.29, 0.717) is 17.0 Å². The molecule has 0 saturated carbocycles. The maximum Gasteiger partial charge on any atom is 0.328 e. The van der Waals surface area contributed by atoms with E-state index < -0.39 is 5.97 Å². The van der Waals surface area contributed by atoms with Crippen LogP contribution in [-0.2, 0) is 4.79 Å². The Hall–Kier alpha value is -2.10. The first-order chi connectivity index (χ1) is 9.79. The molecule has 114 valence electrons. The number of nitrogens with one attached hydrogen (secondary N) is 1. The standard InChI is InChI=1S/C17H23NO3/c1-11(2)9-13(4)18-17(21)15-10-14(6-5-12(15)3)7-8-16(19)20/h5-8,10-11,13H,9H2,1-4H3,(H,18,21)(H,19,20). The molecule has 0 radical (unpaired) electrons. The van der Waals surface area contributed by atoms with E-state index in [9.17, 15) is 9.59 Å². The smallest absolute Gasteiger partial charge is 0.328 e. The van der Waals surface area contributed by atoms with Gasteiger partial charge in [-0.25, -0.2) is 4.79 Å². The number of aliphatic carboxylic acids is 1. The van der Waals surface area contributed by atoms with E-state index in [2.05, 4.69) is 19.2 Å². The van der Waals surface area contributed by atoms with Crippen LogP contribution in [-0.4, -0.2) is 23.0 Å². The summed E-state index contributed by atoms with van der Waals surface area (Å²) in [6, 6.07) is 5.44. The van der Waals surface area contributed by atoms with Crippen molar-refractivity contribution in [2.45, 2.75) is 40.2 Å². The average molecular weight is 289 g/mol. The second-order valence-electron chi connectivity index (χ2n) is 5.75. The highest BCUT2D eigenvalue weighted by molar-refractivity contribution is 5.96. The van der Waals surface area contributed by atoms with Crippen molar-refractivity contribution in [1.82, 2.24) is 5.32 Å². The number of carboxylic acid groups (broad SMARTS) is 1. The van der Waals surface area contributed by atoms with Crippen LogP contribution in [0.5, 0.6) is 0 Å². The summed E-state index contributed by atoms with van der Waals surface area (Å²) in [5, 5.41) is 11.6. The third kappa shape index (κ3) is 5.81. The molecule has 0 aliphatic heterocycles. The van der Waals surface area contributed by atoms with Crippen LogP contribution in [0.2, 0.25) is 0 Å². The third-order valence-electron chi connectivity index (χ3n) is 3.13. The highest BCUT2D eigenvalue weighted by Gasteiger charge is 2.13. The lowest BCUT2D eigenvalue weighted by atomic mass is 10.0. The molecule has 0 heterocycles. The van der Waals surface area contributed by atoms with Crippen LogP contribution in [0, 0.1) is 12.8 Å². The molecule has 1 rings (SSSR count). The molecule has 0 fully saturated rings. The van der Waals surface area contributed by atoms with Crippen LogP contribution in [0.3, 0.4) is 0 Å². The fraction of sp³-hybridized carbons (Fsp3) is 0.412. The van der Waals surface area contributed by atoms with Crippen molar-refractivity contribution in [1.29, 1.82) is 0 Å². The van der Waals surface area contributed by atoms with Gasteiger partial charge in [0.1, 0.15) is 0 Å². The summed E-state index contributed by atoms with van der Waals surface area (Å²) in [5.74, 6) is -0.607. The molecule has 1 unspecified atom stereocenters. The number of carbonyl (C=O) groups excluding carboxylic acids is 1. The highest BCUT2D eigenvalue weighted by atomic mass is 16.4. The molecule has 4 nitrogen and oxygen atoms in total. The monoisotopic (exact) mass is 289 g/mol. The molecule has 0 aliphatic carbocycles. The minimum absolute atomic E-state index is 0.107. The Morgan fingerprint density at radius 3 is 2.52 bits per heavy atom. The van der Waals surface area contributed by atoms with Gasteiger partial charge in [0.15, 0.2) is 0 Å². The Balaban J connectivity index is 2.88. The molecule has 1 atom stereocenters. The number of benzene rings is 1. The summed E-state index contributed by atoms with van der Waals surface area (Å²) < 4.78 is 0. The van der Waals surface area contributed by atoms with Crippen LogP contribution < -0.4 is 5.32 Å². The van der Waals surface area contributed by atoms with Crippen molar-refractivity contribution < 1.29 is 14.7 Å². The lowest BCUT2D eigenvalue weighted by Gasteiger charge is -2.17. The fourth-order valence-corrected chi connectivity index (χ4v) is 2.22. The number of carbonyl (C=O) groups is 2. The predicted octanol–water partition coefficient (Wildman–Crippen LogP) is 3.26. The van der Waals surface area contributed by atoms with Gasteiger partial charge in [-0.15, -0.1) is 0 Å². The molecular weight excluding hydrogens is 266 g/mol. The topological polar surface area (TPSA) is 66.4 Å². The summed E-state index contributed by atoms with van der Waals surface area (Å²) in [5.41, 5.74) is 2.15. The van der Waals surface area contributed by atoms with Crippen LogP contribution >= 0.6 is 0 Å². The first kappa shape index (κ1) is 17.0. The number of hydrogen-bond donors (Lipinski definition) is 2. The normalized spacial score (nSPS) is 12.6. The Morgan fingerprint density at radius 1 is 1.29 bits per heavy atom. The van der Waals surface area contributed by atoms with E-state index in [-0.39, 0.29) is 11.9 Å². The lowest BCUT2D eigenvalue weighted by molar-refractivity contribution is -0.131. The minimum atomic E-state index is -1.01. The molecule has 0 bridgehead atoms. The molecule has 1 aromatic carbocycles. The van der Waals surface area contributed by atoms with E-state index in [4.69, 9.17) is 5.11 Å². The minimum Gasteiger partial charge on any atom is -0.478 e. The largest absolute Gasteiger partial charge is 0.478 e. The van der Waals surface area contributed by atoms with Crippen LogP contribution in [0.4, 0.5) is 0 Å². The number of amides is 1. The molecular formula is C17H23NO3. The summed E-state index contributed by atoms with van der Waals surface area (Å²) in [6.07, 6.45) is 3.47. The molecule has 21 heavy (non-hydrogen) atoms. The average Bonchev–Trinajstić information content (AvgIpc) is 2.36. The molecule has 4 heteroatoms. The first-order valence-electron chi connectivity index (χ1n) is 7.12. The van der Waals surface area contributed by atoms with Gasteiger partial charge in [-0.3, -0.25) is 4.79 Å². The van der Waals surface area contributed by atoms with Crippen molar-refractivity contribution in [2.75, 3.05) is 0 Å². The predicted molar refractivity (Wildman–Crippen MR) is 84.2 cm³/mol. The van der Waals surface area contributed by atoms with Gasteiger partial charge in [-0.2, -0.15) is 0 Å². The van der Waals surface area contributed by atoms with E-state index in [1.165, 1.54) is 6.08 Å². The number of hydrogen-bond acceptors (Lipinski definition) is 2. The van der Waals surface area contributed by atoms with Gasteiger partial charge < -0.3 is 10.4 Å². The second kappa shape index (κ2) is 7.62. The quantitative estimate of drug-likeness (QED) is 0.790. The fourth-order valence-electron chi connectivity index (χ4n) is 2.22. The summed E-state index contributed by atoms with van der Waals surface area (Å²) in [7, 11) is 0. The molecule has 0 saturated heterocycles. The van der Waals surface area contributed by atoms with Crippen molar-refractivity contribution >= 4 is 18.0 Å². The van der Waals surface area contributed by atoms with E-state index in [1.807, 2.05) is 19.9 Å². The van der Waals surface area contributed by atoms with Gasteiger partial charge >= 0.3 is 5.97 Å². The molecule has 0 spiro atoms. The van der Waals surface area contributed by atoms with Crippen LogP contribution in [0.25, 0.3) is 6.08 Å². The summed E-state index contributed by atoms with van der Waals surface area (Å²) >= 11 is 0. The zero-order valence-corrected chi connectivity index (χ0v) is 13.0. The number of rotatable bonds is 6. The van der Waals surface area contributed by atoms with E-state index in [1.54, 1.807) is 12.1 Å². The third-order valence-corrected chi connectivity index (χ3v) is 3.13. The van der Waals surface area contributed by atoms with Gasteiger partial charge in [0.25, 0.3) is 5.91 Å². The maximum absolute atomic E-state index is 12.3. The summed E-state index contributed by atoms with van der Waals surface area (Å²) in [4.78, 5) is 22.8. The molecule has 1 aromatic rings. The van der Waals surface area contributed by atoms with Crippen molar-refractivity contribution in [3.8, 4) is 0 Å². The molecule has 1 amide bonds. The van der Waals surface area contributed by atoms with Gasteiger partial charge in [-0.05, 0) is 49.5 Å². The van der Waals surface area contributed by atoms with Crippen molar-refractivity contribution in [3.05, 3.63) is 41.0 Å². The first-order valence-corrected chi connectivity index (χ1v) is 7.12. The van der Waals surface area contributed by atoms with Crippen LogP contribution in [0.15, 0.2) is 24.3 Å². The van der Waals surface area contributed by atoms with Crippen molar-refractivity contribution in [3.63, 3.8) is 0 Å². The molecule has 0 aliphatic rings. The maximum atomic E-state index is 12.3.